The van der Waals surface area contributed by atoms with Crippen molar-refractivity contribution in [1.29, 1.82) is 11.1 Å². The highest BCUT2D eigenvalue weighted by Crippen LogP contribution is 2.04. The largest absolute Gasteiger partial charge is 0.412 e. The van der Waals surface area contributed by atoms with Crippen LogP contribution in [-0.4, -0.2) is 0 Å². The van der Waals surface area contributed by atoms with Gasteiger partial charge >= 0.3 is 0 Å². The Morgan fingerprint density at radius 3 is 1.91 bits per heavy atom. The summed E-state index contributed by atoms with van der Waals surface area (Å²) >= 11 is 0. The smallest absolute Gasteiger partial charge is 0.211 e. The van der Waals surface area contributed by atoms with Crippen LogP contribution in [0.15, 0.2) is 30.3 Å². The molecular formula is C6H9N4O+. The van der Waals surface area contributed by atoms with Gasteiger partial charge in [-0.2, -0.15) is 5.90 Å². The summed E-state index contributed by atoms with van der Waals surface area (Å²) in [7, 11) is 0. The van der Waals surface area contributed by atoms with Crippen LogP contribution in [0.25, 0.3) is 0 Å². The second-order valence-electron chi connectivity index (χ2n) is 1.54. The zero-order chi connectivity index (χ0) is 8.53. The normalized spacial score (nSPS) is 7.00. The fraction of sp³-hybridized carbons (Fsp3) is 0. The predicted octanol–water partition coefficient (Wildman–Crippen LogP) is 1.05. The van der Waals surface area contributed by atoms with Crippen molar-refractivity contribution in [3.05, 3.63) is 30.3 Å². The third-order valence-electron chi connectivity index (χ3n) is 0.879. The van der Waals surface area contributed by atoms with E-state index in [2.05, 4.69) is 4.84 Å². The van der Waals surface area contributed by atoms with Crippen molar-refractivity contribution in [1.82, 2.24) is 4.91 Å². The molecule has 0 atom stereocenters. The Labute approximate surface area is 63.8 Å². The average Bonchev–Trinajstić information content (AvgIpc) is 2.08. The molecule has 0 bridgehead atoms. The van der Waals surface area contributed by atoms with Crippen LogP contribution in [0.2, 0.25) is 0 Å². The highest BCUT2D eigenvalue weighted by molar-refractivity contribution is 5.20. The molecule has 0 saturated carbocycles. The Balaban J connectivity index is 0.000000292. The molecule has 0 heterocycles. The van der Waals surface area contributed by atoms with Gasteiger partial charge in [-0.1, -0.05) is 18.2 Å². The van der Waals surface area contributed by atoms with Crippen molar-refractivity contribution in [2.45, 2.75) is 0 Å². The van der Waals surface area contributed by atoms with Crippen LogP contribution in [0, 0.1) is 11.1 Å². The van der Waals surface area contributed by atoms with Crippen LogP contribution in [0.3, 0.4) is 0 Å². The third-order valence-corrected chi connectivity index (χ3v) is 0.879. The SMILES string of the molecule is N=[N+]=N.NOc1ccccc1. The van der Waals surface area contributed by atoms with Crippen molar-refractivity contribution in [3.8, 4) is 5.75 Å². The van der Waals surface area contributed by atoms with E-state index in [1.165, 1.54) is 0 Å². The van der Waals surface area contributed by atoms with E-state index in [0.29, 0.717) is 5.75 Å². The quantitative estimate of drug-likeness (QED) is 0.319. The van der Waals surface area contributed by atoms with E-state index in [1.54, 1.807) is 12.1 Å². The van der Waals surface area contributed by atoms with Gasteiger partial charge in [0.05, 0.1) is 0 Å². The molecule has 0 amide bonds. The molecule has 0 spiro atoms. The van der Waals surface area contributed by atoms with Gasteiger partial charge in [0, 0.05) is 0 Å². The van der Waals surface area contributed by atoms with Crippen LogP contribution in [-0.2, 0) is 0 Å². The molecule has 11 heavy (non-hydrogen) atoms. The lowest BCUT2D eigenvalue weighted by Crippen LogP contribution is -2.00. The van der Waals surface area contributed by atoms with Gasteiger partial charge in [-0.3, -0.25) is 0 Å². The predicted molar refractivity (Wildman–Crippen MR) is 38.8 cm³/mol. The number of hydrogen-bond acceptors (Lipinski definition) is 4. The Kier molecular flexibility index (Phi) is 5.41. The maximum absolute atomic E-state index is 5.50. The van der Waals surface area contributed by atoms with E-state index in [0.717, 1.165) is 0 Å². The first kappa shape index (κ1) is 9.29. The Hall–Kier alpha value is -1.71. The number of nitrogens with one attached hydrogen (secondary N) is 2. The maximum Gasteiger partial charge on any atom is 0.211 e. The van der Waals surface area contributed by atoms with Crippen molar-refractivity contribution >= 4 is 0 Å². The highest BCUT2D eigenvalue weighted by atomic mass is 16.6. The summed E-state index contributed by atoms with van der Waals surface area (Å²) in [6.07, 6.45) is 0. The molecule has 0 unspecified atom stereocenters. The first-order valence-electron chi connectivity index (χ1n) is 2.80. The van der Waals surface area contributed by atoms with Gasteiger partial charge in [0.2, 0.25) is 4.91 Å². The van der Waals surface area contributed by atoms with E-state index in [-0.39, 0.29) is 0 Å². The van der Waals surface area contributed by atoms with Crippen LogP contribution < -0.4 is 15.6 Å². The summed E-state index contributed by atoms with van der Waals surface area (Å²) in [5, 5.41) is 0. The lowest BCUT2D eigenvalue weighted by Gasteiger charge is -1.92. The van der Waals surface area contributed by atoms with Crippen LogP contribution in [0.1, 0.15) is 0 Å². The Morgan fingerprint density at radius 2 is 1.64 bits per heavy atom. The zero-order valence-corrected chi connectivity index (χ0v) is 5.82. The van der Waals surface area contributed by atoms with Crippen molar-refractivity contribution in [2.24, 2.45) is 5.90 Å². The number of nitrogens with two attached hydrogens (primary N) is 1. The molecule has 5 heteroatoms. The van der Waals surface area contributed by atoms with E-state index in [4.69, 9.17) is 17.0 Å². The van der Waals surface area contributed by atoms with Crippen molar-refractivity contribution < 1.29 is 4.84 Å². The first-order chi connectivity index (χ1) is 5.35. The lowest BCUT2D eigenvalue weighted by atomic mass is 10.3. The Bertz CT molecular complexity index is 217. The van der Waals surface area contributed by atoms with Gasteiger partial charge in [-0.25, -0.2) is 0 Å². The summed E-state index contributed by atoms with van der Waals surface area (Å²) < 4.78 is 0. The Morgan fingerprint density at radius 1 is 1.18 bits per heavy atom. The average molecular weight is 153 g/mol. The van der Waals surface area contributed by atoms with Crippen LogP contribution in [0.5, 0.6) is 5.75 Å². The highest BCUT2D eigenvalue weighted by Gasteiger charge is 1.81. The number of nitrogens with zero attached hydrogens (tertiary/aromatic N) is 1. The lowest BCUT2D eigenvalue weighted by molar-refractivity contribution is 0.334. The zero-order valence-electron chi connectivity index (χ0n) is 5.82. The fourth-order valence-corrected chi connectivity index (χ4v) is 0.499. The molecule has 58 valence electrons. The fourth-order valence-electron chi connectivity index (χ4n) is 0.499. The molecule has 0 aromatic heterocycles. The van der Waals surface area contributed by atoms with Gasteiger partial charge in [0.1, 0.15) is 16.8 Å². The molecule has 1 aromatic carbocycles. The number of benzene rings is 1. The standard InChI is InChI=1S/C6H7NO.H2N3/c7-8-6-4-2-1-3-5-6;1-3-2/h1-5H,7H2;1-2H/q;+1. The van der Waals surface area contributed by atoms with E-state index >= 15 is 0 Å². The number of rotatable bonds is 1. The summed E-state index contributed by atoms with van der Waals surface area (Å²) in [4.78, 5) is 6.41. The monoisotopic (exact) mass is 153 g/mol. The molecule has 0 aliphatic rings. The molecule has 0 fully saturated rings. The van der Waals surface area contributed by atoms with Gasteiger partial charge in [-0.05, 0) is 12.1 Å². The van der Waals surface area contributed by atoms with Crippen molar-refractivity contribution in [3.63, 3.8) is 0 Å². The second kappa shape index (κ2) is 6.41. The molecule has 5 nitrogen and oxygen atoms in total. The minimum absolute atomic E-state index is 0.688. The van der Waals surface area contributed by atoms with Crippen LogP contribution >= 0.6 is 0 Å². The van der Waals surface area contributed by atoms with Gasteiger partial charge in [0.15, 0.2) is 0 Å². The molecule has 0 radical (unpaired) electrons. The second-order valence-corrected chi connectivity index (χ2v) is 1.54. The molecule has 0 aliphatic carbocycles. The summed E-state index contributed by atoms with van der Waals surface area (Å²) in [5.41, 5.74) is 11.0. The number of hydrogen-bond donors (Lipinski definition) is 3. The summed E-state index contributed by atoms with van der Waals surface area (Å²) in [6, 6.07) is 9.22. The van der Waals surface area contributed by atoms with Crippen molar-refractivity contribution in [2.75, 3.05) is 0 Å². The summed E-state index contributed by atoms with van der Waals surface area (Å²) in [6.45, 7) is 0. The van der Waals surface area contributed by atoms with Gasteiger partial charge in [0.25, 0.3) is 0 Å². The van der Waals surface area contributed by atoms with Crippen LogP contribution in [0.4, 0.5) is 0 Å². The molecular weight excluding hydrogens is 144 g/mol. The molecule has 0 aliphatic heterocycles. The van der Waals surface area contributed by atoms with E-state index in [9.17, 15) is 0 Å². The summed E-state index contributed by atoms with van der Waals surface area (Å²) in [5.74, 6) is 5.54. The third kappa shape index (κ3) is 4.77. The molecule has 1 rings (SSSR count). The topological polar surface area (TPSA) is 97.1 Å². The molecule has 1 aromatic rings. The maximum atomic E-state index is 5.50. The van der Waals surface area contributed by atoms with Gasteiger partial charge < -0.3 is 4.84 Å². The molecule has 4 N–H and O–H groups in total. The number of para-hydroxylation sites is 1. The van der Waals surface area contributed by atoms with E-state index < -0.39 is 0 Å². The first-order valence-corrected chi connectivity index (χ1v) is 2.80. The minimum Gasteiger partial charge on any atom is -0.412 e. The molecule has 0 saturated heterocycles. The minimum atomic E-state index is 0.688. The van der Waals surface area contributed by atoms with E-state index in [1.807, 2.05) is 23.1 Å². The van der Waals surface area contributed by atoms with Gasteiger partial charge in [-0.15, -0.1) is 0 Å².